The molecule has 0 fully saturated rings. The first kappa shape index (κ1) is 21.0. The third kappa shape index (κ3) is 14.0. The zero-order valence-electron chi connectivity index (χ0n) is 14.4. The van der Waals surface area contributed by atoms with Crippen LogP contribution in [-0.4, -0.2) is 57.2 Å². The molecule has 0 aromatic carbocycles. The second-order valence-electron chi connectivity index (χ2n) is 5.80. The Labute approximate surface area is 137 Å². The molecule has 0 aromatic rings. The molecule has 1 amide bonds. The number of hydrogen-bond donors (Lipinski definition) is 2. The van der Waals surface area contributed by atoms with Crippen LogP contribution in [0.3, 0.4) is 0 Å². The van der Waals surface area contributed by atoms with E-state index in [0.29, 0.717) is 45.4 Å². The molecule has 0 atom stereocenters. The Morgan fingerprint density at radius 3 is 2.05 bits per heavy atom. The molecule has 0 heterocycles. The quantitative estimate of drug-likeness (QED) is 0.476. The van der Waals surface area contributed by atoms with Gasteiger partial charge in [0.25, 0.3) is 0 Å². The van der Waals surface area contributed by atoms with E-state index in [1.54, 1.807) is 0 Å². The first-order chi connectivity index (χ1) is 10.4. The van der Waals surface area contributed by atoms with Gasteiger partial charge in [-0.1, -0.05) is 27.7 Å². The van der Waals surface area contributed by atoms with Gasteiger partial charge in [0.2, 0.25) is 5.91 Å². The molecule has 0 radical (unpaired) electrons. The summed E-state index contributed by atoms with van der Waals surface area (Å²) >= 11 is 0. The lowest BCUT2D eigenvalue weighted by Crippen LogP contribution is -2.28. The van der Waals surface area contributed by atoms with Crippen LogP contribution in [0.4, 0.5) is 0 Å². The summed E-state index contributed by atoms with van der Waals surface area (Å²) in [5.74, 6) is 0.0102. The number of Topliss-reactive ketones (excluding diaryl/α,β-unsaturated/α-hetero) is 1. The molecule has 22 heavy (non-hydrogen) atoms. The molecule has 0 aromatic heterocycles. The Kier molecular flexibility index (Phi) is 13.1. The molecule has 0 bridgehead atoms. The van der Waals surface area contributed by atoms with Crippen molar-refractivity contribution in [2.24, 2.45) is 5.92 Å². The Balaban J connectivity index is -0.00000220. The average Bonchev–Trinajstić information content (AvgIpc) is 2.46. The summed E-state index contributed by atoms with van der Waals surface area (Å²) < 4.78 is 10.7. The van der Waals surface area contributed by atoms with Crippen LogP contribution in [0.25, 0.3) is 0 Å². The Morgan fingerprint density at radius 2 is 1.50 bits per heavy atom. The first-order valence-electron chi connectivity index (χ1n) is 8.11. The Morgan fingerprint density at radius 1 is 0.909 bits per heavy atom. The molecule has 0 rings (SSSR count). The molecule has 0 aliphatic heterocycles. The summed E-state index contributed by atoms with van der Waals surface area (Å²) in [6.45, 7) is 11.4. The topological polar surface area (TPSA) is 76.7 Å². The number of rotatable bonds is 14. The molecule has 6 heteroatoms. The fraction of sp³-hybridized carbons (Fsp3) is 0.875. The number of nitrogens with one attached hydrogen (secondary N) is 2. The Bertz CT molecular complexity index is 316. The zero-order valence-corrected chi connectivity index (χ0v) is 14.4. The van der Waals surface area contributed by atoms with E-state index < -0.39 is 0 Å². The van der Waals surface area contributed by atoms with Crippen molar-refractivity contribution in [2.75, 3.05) is 39.5 Å². The number of ketones is 1. The van der Waals surface area contributed by atoms with Gasteiger partial charge in [0, 0.05) is 40.7 Å². The van der Waals surface area contributed by atoms with Crippen molar-refractivity contribution in [1.29, 1.82) is 0 Å². The van der Waals surface area contributed by atoms with Crippen molar-refractivity contribution in [3.8, 4) is 0 Å². The molecular formula is C16H36N2O4. The lowest BCUT2D eigenvalue weighted by molar-refractivity contribution is -0.126. The fourth-order valence-corrected chi connectivity index (χ4v) is 1.62. The molecule has 0 spiro atoms. The minimum atomic E-state index is -0.103. The van der Waals surface area contributed by atoms with Crippen LogP contribution in [0.5, 0.6) is 0 Å². The molecule has 0 unspecified atom stereocenters. The van der Waals surface area contributed by atoms with Gasteiger partial charge in [-0.3, -0.25) is 9.59 Å². The number of hydrogen-bond acceptors (Lipinski definition) is 5. The van der Waals surface area contributed by atoms with Crippen molar-refractivity contribution >= 4 is 11.7 Å². The second kappa shape index (κ2) is 13.7. The minimum Gasteiger partial charge on any atom is -0.378 e. The smallest absolute Gasteiger partial charge is 0.220 e. The van der Waals surface area contributed by atoms with Crippen LogP contribution >= 0.6 is 0 Å². The van der Waals surface area contributed by atoms with Gasteiger partial charge in [-0.05, 0) is 0 Å². The van der Waals surface area contributed by atoms with Crippen LogP contribution < -0.4 is 10.6 Å². The minimum absolute atomic E-state index is 0. The molecule has 0 aliphatic carbocycles. The fourth-order valence-electron chi connectivity index (χ4n) is 1.62. The lowest BCUT2D eigenvalue weighted by Gasteiger charge is -2.09. The maximum Gasteiger partial charge on any atom is 0.220 e. The maximum absolute atomic E-state index is 11.5. The van der Waals surface area contributed by atoms with E-state index in [1.807, 2.05) is 13.8 Å². The van der Waals surface area contributed by atoms with E-state index in [9.17, 15) is 9.59 Å². The number of ether oxygens (including phenoxy) is 2. The highest BCUT2D eigenvalue weighted by Crippen LogP contribution is 2.01. The van der Waals surface area contributed by atoms with Gasteiger partial charge in [-0.25, -0.2) is 0 Å². The third-order valence-corrected chi connectivity index (χ3v) is 2.98. The van der Waals surface area contributed by atoms with Crippen molar-refractivity contribution in [1.82, 2.24) is 10.6 Å². The lowest BCUT2D eigenvalue weighted by atomic mass is 10.0. The van der Waals surface area contributed by atoms with Crippen LogP contribution in [0.2, 0.25) is 0 Å². The van der Waals surface area contributed by atoms with Crippen LogP contribution in [0.1, 0.15) is 43.4 Å². The summed E-state index contributed by atoms with van der Waals surface area (Å²) in [5.41, 5.74) is 0. The summed E-state index contributed by atoms with van der Waals surface area (Å²) in [6.07, 6.45) is 0.561. The first-order valence-corrected chi connectivity index (χ1v) is 8.11. The number of carbonyl (C=O) groups is 2. The van der Waals surface area contributed by atoms with Gasteiger partial charge >= 0.3 is 0 Å². The van der Waals surface area contributed by atoms with Gasteiger partial charge in [-0.2, -0.15) is 0 Å². The summed E-state index contributed by atoms with van der Waals surface area (Å²) in [6, 6.07) is 0.472. The van der Waals surface area contributed by atoms with E-state index in [0.717, 1.165) is 6.54 Å². The van der Waals surface area contributed by atoms with Gasteiger partial charge < -0.3 is 20.1 Å². The van der Waals surface area contributed by atoms with Crippen LogP contribution in [0.15, 0.2) is 0 Å². The summed E-state index contributed by atoms with van der Waals surface area (Å²) in [5, 5.41) is 5.99. The molecule has 6 nitrogen and oxygen atoms in total. The highest BCUT2D eigenvalue weighted by Gasteiger charge is 2.09. The summed E-state index contributed by atoms with van der Waals surface area (Å²) in [7, 11) is 0. The van der Waals surface area contributed by atoms with Gasteiger partial charge in [0.15, 0.2) is 0 Å². The standard InChI is InChI=1S/C16H32N2O4.2H2/c1-13(2)15(19)5-6-16(20)18-8-10-22-12-11-21-9-7-17-14(3)4;;/h13-14,17H,5-12H2,1-4H3,(H,18,20);2*1H. The SMILES string of the molecule is CC(C)NCCOCCOCCNC(=O)CCC(=O)C(C)C.[HH].[HH]. The van der Waals surface area contributed by atoms with E-state index in [1.165, 1.54) is 0 Å². The normalized spacial score (nSPS) is 11.2. The van der Waals surface area contributed by atoms with Gasteiger partial charge in [0.1, 0.15) is 5.78 Å². The molecule has 0 aliphatic rings. The average molecular weight is 320 g/mol. The maximum atomic E-state index is 11.5. The van der Waals surface area contributed by atoms with E-state index in [4.69, 9.17) is 9.47 Å². The molecule has 2 N–H and O–H groups in total. The summed E-state index contributed by atoms with van der Waals surface area (Å²) in [4.78, 5) is 22.9. The molecule has 134 valence electrons. The third-order valence-electron chi connectivity index (χ3n) is 2.98. The highest BCUT2D eigenvalue weighted by atomic mass is 16.5. The predicted octanol–water partition coefficient (Wildman–Crippen LogP) is 1.63. The highest BCUT2D eigenvalue weighted by molar-refractivity contribution is 5.85. The van der Waals surface area contributed by atoms with E-state index >= 15 is 0 Å². The molecular weight excluding hydrogens is 284 g/mol. The molecule has 0 saturated carbocycles. The van der Waals surface area contributed by atoms with E-state index in [2.05, 4.69) is 24.5 Å². The van der Waals surface area contributed by atoms with Crippen molar-refractivity contribution < 1.29 is 21.9 Å². The Hall–Kier alpha value is -0.980. The van der Waals surface area contributed by atoms with Gasteiger partial charge in [0.05, 0.1) is 26.4 Å². The molecule has 0 saturated heterocycles. The van der Waals surface area contributed by atoms with Crippen LogP contribution in [0, 0.1) is 5.92 Å². The van der Waals surface area contributed by atoms with Crippen LogP contribution in [-0.2, 0) is 19.1 Å². The van der Waals surface area contributed by atoms with Crippen molar-refractivity contribution in [3.05, 3.63) is 0 Å². The number of amides is 1. The second-order valence-corrected chi connectivity index (χ2v) is 5.80. The monoisotopic (exact) mass is 320 g/mol. The van der Waals surface area contributed by atoms with Gasteiger partial charge in [-0.15, -0.1) is 0 Å². The predicted molar refractivity (Wildman–Crippen MR) is 91.1 cm³/mol. The largest absolute Gasteiger partial charge is 0.378 e. The van der Waals surface area contributed by atoms with E-state index in [-0.39, 0.29) is 26.9 Å². The van der Waals surface area contributed by atoms with Crippen molar-refractivity contribution in [3.63, 3.8) is 0 Å². The number of carbonyl (C=O) groups excluding carboxylic acids is 2. The zero-order chi connectivity index (χ0) is 16.8. The van der Waals surface area contributed by atoms with Crippen molar-refractivity contribution in [2.45, 2.75) is 46.6 Å².